The van der Waals surface area contributed by atoms with Crippen molar-refractivity contribution in [3.05, 3.63) is 97.6 Å². The average molecular weight is 929 g/mol. The number of anilines is 1. The summed E-state index contributed by atoms with van der Waals surface area (Å²) in [7, 11) is 1.68. The molecule has 2 saturated carbocycles. The Morgan fingerprint density at radius 1 is 0.877 bits per heavy atom. The number of halogens is 3. The molecular weight excluding hydrogens is 876 g/mol. The van der Waals surface area contributed by atoms with Crippen LogP contribution in [0.2, 0.25) is 10.0 Å². The van der Waals surface area contributed by atoms with E-state index >= 15 is 4.39 Å². The lowest BCUT2D eigenvalue weighted by Crippen LogP contribution is -2.67. The number of benzene rings is 3. The number of carbonyl (C=O) groups is 5. The molecule has 3 saturated heterocycles. The number of likely N-dealkylation sites (tertiary alicyclic amines) is 1. The summed E-state index contributed by atoms with van der Waals surface area (Å²) in [5.41, 5.74) is 0.282. The van der Waals surface area contributed by atoms with Gasteiger partial charge in [-0.1, -0.05) is 60.3 Å². The van der Waals surface area contributed by atoms with E-state index < -0.39 is 58.6 Å². The van der Waals surface area contributed by atoms with Gasteiger partial charge < -0.3 is 20.6 Å². The third kappa shape index (κ3) is 6.93. The van der Waals surface area contributed by atoms with Gasteiger partial charge in [-0.2, -0.15) is 0 Å². The first-order chi connectivity index (χ1) is 31.2. The van der Waals surface area contributed by atoms with Gasteiger partial charge in [-0.15, -0.1) is 0 Å². The number of fused-ring (bicyclic) bond motifs is 4. The largest absolute Gasteiger partial charge is 0.391 e. The van der Waals surface area contributed by atoms with Crippen LogP contribution in [0.25, 0.3) is 11.0 Å². The van der Waals surface area contributed by atoms with Crippen LogP contribution < -0.4 is 27.0 Å². The Balaban J connectivity index is 0.824. The molecule has 3 aromatic carbocycles. The lowest BCUT2D eigenvalue weighted by molar-refractivity contribution is -0.138. The van der Waals surface area contributed by atoms with E-state index in [1.165, 1.54) is 10.6 Å². The molecule has 0 bridgehead atoms. The minimum atomic E-state index is -1.59. The molecule has 17 heteroatoms. The van der Waals surface area contributed by atoms with E-state index in [0.29, 0.717) is 85.3 Å². The van der Waals surface area contributed by atoms with E-state index in [4.69, 9.17) is 23.2 Å². The number of nitrogens with one attached hydrogen (secondary N) is 4. The topological polar surface area (TPSA) is 184 Å². The maximum absolute atomic E-state index is 16.4. The molecule has 2 aliphatic carbocycles. The van der Waals surface area contributed by atoms with Crippen molar-refractivity contribution in [2.75, 3.05) is 18.4 Å². The Morgan fingerprint density at radius 2 is 1.65 bits per heavy atom. The van der Waals surface area contributed by atoms with Crippen molar-refractivity contribution in [2.24, 2.45) is 13.0 Å². The van der Waals surface area contributed by atoms with Gasteiger partial charge >= 0.3 is 5.69 Å². The van der Waals surface area contributed by atoms with Crippen molar-refractivity contribution in [1.29, 1.82) is 0 Å². The summed E-state index contributed by atoms with van der Waals surface area (Å²) in [5.74, 6) is -3.42. The van der Waals surface area contributed by atoms with Crippen molar-refractivity contribution in [2.45, 2.75) is 124 Å². The van der Waals surface area contributed by atoms with Gasteiger partial charge in [0.25, 0.3) is 0 Å². The summed E-state index contributed by atoms with van der Waals surface area (Å²) in [4.78, 5) is 83.1. The third-order valence-corrected chi connectivity index (χ3v) is 16.3. The van der Waals surface area contributed by atoms with E-state index in [2.05, 4.69) is 21.3 Å². The molecular formula is C48H52Cl2FN7O7. The number of amides is 5. The summed E-state index contributed by atoms with van der Waals surface area (Å²) in [6.07, 6.45) is 5.33. The van der Waals surface area contributed by atoms with Crippen molar-refractivity contribution in [3.8, 4) is 0 Å². The van der Waals surface area contributed by atoms with Crippen molar-refractivity contribution in [3.63, 3.8) is 0 Å². The molecule has 342 valence electrons. The van der Waals surface area contributed by atoms with Crippen molar-refractivity contribution >= 4 is 69.5 Å². The van der Waals surface area contributed by atoms with E-state index in [0.717, 1.165) is 24.8 Å². The molecule has 6 atom stereocenters. The van der Waals surface area contributed by atoms with Gasteiger partial charge in [-0.05, 0) is 111 Å². The summed E-state index contributed by atoms with van der Waals surface area (Å²) in [5, 5.41) is 24.3. The average Bonchev–Trinajstić information content (AvgIpc) is 3.86. The van der Waals surface area contributed by atoms with Gasteiger partial charge in [0.2, 0.25) is 29.5 Å². The normalized spacial score (nSPS) is 30.5. The van der Waals surface area contributed by atoms with Crippen LogP contribution in [0.1, 0.15) is 112 Å². The molecule has 5 amide bonds. The first-order valence-corrected chi connectivity index (χ1v) is 23.6. The zero-order valence-corrected chi connectivity index (χ0v) is 37.5. The second kappa shape index (κ2) is 16.7. The predicted molar refractivity (Wildman–Crippen MR) is 241 cm³/mol. The fourth-order valence-electron chi connectivity index (χ4n) is 12.6. The summed E-state index contributed by atoms with van der Waals surface area (Å²) >= 11 is 12.8. The predicted octanol–water partition coefficient (Wildman–Crippen LogP) is 5.46. The molecule has 1 aromatic heterocycles. The fraction of sp³-hybridized carbons (Fsp3) is 0.500. The van der Waals surface area contributed by atoms with Gasteiger partial charge in [0.15, 0.2) is 0 Å². The van der Waals surface area contributed by atoms with Crippen LogP contribution >= 0.6 is 23.2 Å². The Hall–Kier alpha value is -5.09. The van der Waals surface area contributed by atoms with Crippen LogP contribution in [-0.4, -0.2) is 85.5 Å². The van der Waals surface area contributed by atoms with Crippen LogP contribution in [0.3, 0.4) is 0 Å². The zero-order chi connectivity index (χ0) is 45.5. The van der Waals surface area contributed by atoms with Crippen LogP contribution in [0.4, 0.5) is 10.1 Å². The number of hydrogen-bond acceptors (Lipinski definition) is 8. The molecule has 3 unspecified atom stereocenters. The molecule has 5 N–H and O–H groups in total. The smallest absolute Gasteiger partial charge is 0.329 e. The minimum absolute atomic E-state index is 0.0996. The Morgan fingerprint density at radius 3 is 2.38 bits per heavy atom. The number of rotatable bonds is 6. The number of aromatic nitrogens is 2. The zero-order valence-electron chi connectivity index (χ0n) is 36.0. The van der Waals surface area contributed by atoms with Crippen LogP contribution in [0, 0.1) is 11.7 Å². The first kappa shape index (κ1) is 43.8. The molecule has 5 fully saturated rings. The molecule has 2 spiro atoms. The first-order valence-electron chi connectivity index (χ1n) is 22.9. The molecule has 4 aliphatic heterocycles. The lowest BCUT2D eigenvalue weighted by atomic mass is 9.54. The molecule has 6 aliphatic rings. The highest BCUT2D eigenvalue weighted by molar-refractivity contribution is 6.31. The molecule has 0 radical (unpaired) electrons. The number of piperidine rings is 2. The second-order valence-corrected chi connectivity index (χ2v) is 19.9. The van der Waals surface area contributed by atoms with E-state index in [1.54, 1.807) is 41.9 Å². The van der Waals surface area contributed by atoms with Crippen LogP contribution in [0.5, 0.6) is 0 Å². The van der Waals surface area contributed by atoms with Crippen molar-refractivity contribution in [1.82, 2.24) is 30.0 Å². The summed E-state index contributed by atoms with van der Waals surface area (Å²) in [6.45, 7) is 1.17. The number of aliphatic hydroxyl groups is 1. The second-order valence-electron chi connectivity index (χ2n) is 19.0. The summed E-state index contributed by atoms with van der Waals surface area (Å²) in [6, 6.07) is 13.4. The number of aryl methyl sites for hydroxylation is 1. The molecule has 65 heavy (non-hydrogen) atoms. The Kier molecular flexibility index (Phi) is 11.2. The fourth-order valence-corrected chi connectivity index (χ4v) is 12.9. The standard InChI is InChI=1S/C48H52Cl2FN7O7/c1-56-36-23-27(10-15-34(36)58(46(56)65)35-16-17-38(60)54-42(35)61)25-18-21-57(22-19-25)44(63)26-8-12-29(13-9-26)52-43(62)41-39(30-5-4-6-32(50)40(30)51)48(47(55-41)20-3-2-7-37(47)59)31-14-11-28(49)24-33(31)53-45(48)64/h4-6,10-11,14-15,23-26,29,35,37,39,41,55,59H,2-3,7-9,12-13,16-22H2,1H3,(H,52,62)(H,53,64)(H,54,60,61)/t26?,29?,35?,37?,39-,41+,47?,48+/m0/s1. The highest BCUT2D eigenvalue weighted by Crippen LogP contribution is 2.63. The quantitative estimate of drug-likeness (QED) is 0.158. The Labute approximate surface area is 384 Å². The van der Waals surface area contributed by atoms with Crippen LogP contribution in [0.15, 0.2) is 59.4 Å². The molecule has 4 aromatic rings. The maximum Gasteiger partial charge on any atom is 0.329 e. The van der Waals surface area contributed by atoms with Gasteiger partial charge in [0.05, 0.1) is 33.7 Å². The molecule has 10 rings (SSSR count). The number of imidazole rings is 1. The molecule has 5 heterocycles. The van der Waals surface area contributed by atoms with E-state index in [1.807, 2.05) is 23.1 Å². The number of aliphatic hydroxyl groups excluding tert-OH is 1. The minimum Gasteiger partial charge on any atom is -0.391 e. The van der Waals surface area contributed by atoms with Gasteiger partial charge in [-0.3, -0.25) is 43.7 Å². The number of nitrogens with zero attached hydrogens (tertiary/aromatic N) is 3. The lowest BCUT2D eigenvalue weighted by Gasteiger charge is -2.49. The monoisotopic (exact) mass is 927 g/mol. The van der Waals surface area contributed by atoms with Gasteiger partial charge in [-0.25, -0.2) is 9.18 Å². The number of carbonyl (C=O) groups excluding carboxylic acids is 5. The third-order valence-electron chi connectivity index (χ3n) is 15.7. The van der Waals surface area contributed by atoms with Crippen LogP contribution in [-0.2, 0) is 36.4 Å². The summed E-state index contributed by atoms with van der Waals surface area (Å²) < 4.78 is 19.4. The van der Waals surface area contributed by atoms with Crippen molar-refractivity contribution < 1.29 is 33.5 Å². The number of imide groups is 1. The van der Waals surface area contributed by atoms with E-state index in [9.17, 15) is 33.9 Å². The highest BCUT2D eigenvalue weighted by Gasteiger charge is 2.74. The van der Waals surface area contributed by atoms with Gasteiger partial charge in [0, 0.05) is 55.1 Å². The highest BCUT2D eigenvalue weighted by atomic mass is 35.5. The SMILES string of the molecule is Cn1c(=O)n(C2CCC(=O)NC2=O)c2ccc(C3CCN(C(=O)C4CCC(NC(=O)[C@@H]5NC6(CCCCC6O)[C@@]6(C(=O)Nc7cc(Cl)ccc76)[C@H]5c5cccc(Cl)c5F)CC4)CC3)cc21. The Bertz CT molecular complexity index is 2710. The maximum atomic E-state index is 16.4. The number of hydrogen-bond donors (Lipinski definition) is 5. The van der Waals surface area contributed by atoms with E-state index in [-0.39, 0.29) is 58.8 Å². The van der Waals surface area contributed by atoms with Gasteiger partial charge in [0.1, 0.15) is 17.3 Å². The molecule has 14 nitrogen and oxygen atoms in total.